The van der Waals surface area contributed by atoms with Crippen LogP contribution in [0.5, 0.6) is 0 Å². The molecule has 0 bridgehead atoms. The molecule has 5 nitrogen and oxygen atoms in total. The minimum absolute atomic E-state index is 0.807. The number of H-pyrrole nitrogens is 2. The largest absolute Gasteiger partial charge is 0.338 e. The van der Waals surface area contributed by atoms with Crippen LogP contribution in [0.2, 0.25) is 0 Å². The summed E-state index contributed by atoms with van der Waals surface area (Å²) in [5.74, 6) is 1.61. The van der Waals surface area contributed by atoms with Gasteiger partial charge in [0, 0.05) is 23.5 Å². The van der Waals surface area contributed by atoms with Crippen molar-refractivity contribution < 1.29 is 0 Å². The molecule has 0 unspecified atom stereocenters. The lowest BCUT2D eigenvalue weighted by Crippen LogP contribution is -1.87. The summed E-state index contributed by atoms with van der Waals surface area (Å²) in [5, 5.41) is 0. The lowest BCUT2D eigenvalue weighted by atomic mass is 10.2. The lowest BCUT2D eigenvalue weighted by Gasteiger charge is -2.00. The Balaban J connectivity index is 1.62. The Bertz CT molecular complexity index is 1010. The first kappa shape index (κ1) is 13.0. The summed E-state index contributed by atoms with van der Waals surface area (Å²) in [5.41, 5.74) is 5.79. The van der Waals surface area contributed by atoms with Gasteiger partial charge in [-0.25, -0.2) is 9.97 Å². The second kappa shape index (κ2) is 5.03. The van der Waals surface area contributed by atoms with Crippen molar-refractivity contribution >= 4 is 22.1 Å². The fourth-order valence-corrected chi connectivity index (χ4v) is 2.88. The van der Waals surface area contributed by atoms with Crippen molar-refractivity contribution in [3.05, 3.63) is 67.0 Å². The zero-order valence-electron chi connectivity index (χ0n) is 12.7. The number of pyridine rings is 1. The highest BCUT2D eigenvalue weighted by Crippen LogP contribution is 2.25. The Kier molecular flexibility index (Phi) is 2.72. The van der Waals surface area contributed by atoms with Gasteiger partial charge in [-0.3, -0.25) is 4.98 Å². The first-order valence-corrected chi connectivity index (χ1v) is 7.72. The van der Waals surface area contributed by atoms with Gasteiger partial charge in [-0.2, -0.15) is 0 Å². The topological polar surface area (TPSA) is 70.2 Å². The molecule has 0 fully saturated rings. The zero-order chi connectivity index (χ0) is 15.9. The molecule has 0 aliphatic heterocycles. The van der Waals surface area contributed by atoms with Gasteiger partial charge in [-0.1, -0.05) is 24.3 Å². The Morgan fingerprint density at radius 2 is 1.12 bits per heavy atom. The van der Waals surface area contributed by atoms with E-state index in [2.05, 4.69) is 24.9 Å². The molecule has 5 rings (SSSR count). The number of rotatable bonds is 2. The van der Waals surface area contributed by atoms with Gasteiger partial charge in [0.1, 0.15) is 11.6 Å². The quantitative estimate of drug-likeness (QED) is 0.514. The van der Waals surface area contributed by atoms with Crippen LogP contribution in [-0.4, -0.2) is 24.9 Å². The van der Waals surface area contributed by atoms with E-state index in [4.69, 9.17) is 0 Å². The van der Waals surface area contributed by atoms with Gasteiger partial charge in [0.2, 0.25) is 0 Å². The molecule has 5 aromatic rings. The van der Waals surface area contributed by atoms with Gasteiger partial charge >= 0.3 is 0 Å². The van der Waals surface area contributed by atoms with E-state index in [0.717, 1.165) is 44.8 Å². The van der Waals surface area contributed by atoms with Crippen LogP contribution in [0.25, 0.3) is 44.8 Å². The van der Waals surface area contributed by atoms with Crippen LogP contribution in [0.15, 0.2) is 67.0 Å². The maximum Gasteiger partial charge on any atom is 0.140 e. The second-order valence-electron chi connectivity index (χ2n) is 5.67. The molecule has 0 saturated heterocycles. The summed E-state index contributed by atoms with van der Waals surface area (Å²) in [7, 11) is 0. The monoisotopic (exact) mass is 311 g/mol. The molecule has 0 spiro atoms. The minimum Gasteiger partial charge on any atom is -0.338 e. The van der Waals surface area contributed by atoms with Crippen molar-refractivity contribution in [3.63, 3.8) is 0 Å². The van der Waals surface area contributed by atoms with Gasteiger partial charge in [-0.05, 0) is 30.3 Å². The fourth-order valence-electron chi connectivity index (χ4n) is 2.88. The van der Waals surface area contributed by atoms with Gasteiger partial charge in [0.05, 0.1) is 22.1 Å². The SMILES string of the molecule is c1ccc2[nH]c(-c3cncc(-c4nc5ccccc5[nH]4)c3)nc2c1. The molecular formula is C19H13N5. The predicted molar refractivity (Wildman–Crippen MR) is 94.4 cm³/mol. The number of para-hydroxylation sites is 4. The summed E-state index contributed by atoms with van der Waals surface area (Å²) < 4.78 is 0. The summed E-state index contributed by atoms with van der Waals surface area (Å²) in [4.78, 5) is 20.3. The summed E-state index contributed by atoms with van der Waals surface area (Å²) in [6, 6.07) is 18.0. The molecule has 24 heavy (non-hydrogen) atoms. The van der Waals surface area contributed by atoms with Crippen molar-refractivity contribution in [2.75, 3.05) is 0 Å². The maximum absolute atomic E-state index is 4.63. The van der Waals surface area contributed by atoms with E-state index in [9.17, 15) is 0 Å². The number of aromatic nitrogens is 5. The smallest absolute Gasteiger partial charge is 0.140 e. The van der Waals surface area contributed by atoms with Crippen molar-refractivity contribution in [1.29, 1.82) is 0 Å². The van der Waals surface area contributed by atoms with E-state index in [-0.39, 0.29) is 0 Å². The van der Waals surface area contributed by atoms with E-state index < -0.39 is 0 Å². The Morgan fingerprint density at radius 3 is 1.62 bits per heavy atom. The van der Waals surface area contributed by atoms with Crippen LogP contribution in [0.4, 0.5) is 0 Å². The van der Waals surface area contributed by atoms with Crippen LogP contribution in [0.1, 0.15) is 0 Å². The standard InChI is InChI=1S/C19H13N5/c1-2-6-15-14(5-1)21-18(22-15)12-9-13(11-20-10-12)19-23-16-7-3-4-8-17(16)24-19/h1-11H,(H,21,22)(H,23,24). The van der Waals surface area contributed by atoms with E-state index in [1.807, 2.05) is 67.0 Å². The highest BCUT2D eigenvalue weighted by Gasteiger charge is 2.09. The molecule has 114 valence electrons. The first-order chi connectivity index (χ1) is 11.9. The van der Waals surface area contributed by atoms with Crippen LogP contribution < -0.4 is 0 Å². The molecule has 5 heteroatoms. The van der Waals surface area contributed by atoms with Crippen LogP contribution >= 0.6 is 0 Å². The van der Waals surface area contributed by atoms with Gasteiger partial charge in [-0.15, -0.1) is 0 Å². The predicted octanol–water partition coefficient (Wildman–Crippen LogP) is 4.17. The zero-order valence-corrected chi connectivity index (χ0v) is 12.7. The normalized spacial score (nSPS) is 11.3. The number of nitrogens with zero attached hydrogens (tertiary/aromatic N) is 3. The molecule has 3 aromatic heterocycles. The number of aromatic amines is 2. The number of hydrogen-bond acceptors (Lipinski definition) is 3. The Labute approximate surface area is 137 Å². The van der Waals surface area contributed by atoms with E-state index in [1.165, 1.54) is 0 Å². The second-order valence-corrected chi connectivity index (χ2v) is 5.67. The first-order valence-electron chi connectivity index (χ1n) is 7.72. The molecule has 0 amide bonds. The number of nitrogens with one attached hydrogen (secondary N) is 2. The summed E-state index contributed by atoms with van der Waals surface area (Å²) in [6.07, 6.45) is 3.62. The molecule has 0 radical (unpaired) electrons. The Morgan fingerprint density at radius 1 is 0.625 bits per heavy atom. The average molecular weight is 311 g/mol. The Hall–Kier alpha value is -3.47. The van der Waals surface area contributed by atoms with Crippen LogP contribution in [-0.2, 0) is 0 Å². The highest BCUT2D eigenvalue weighted by molar-refractivity contribution is 5.81. The third-order valence-corrected chi connectivity index (χ3v) is 4.06. The van der Waals surface area contributed by atoms with E-state index >= 15 is 0 Å². The maximum atomic E-state index is 4.63. The molecule has 0 atom stereocenters. The van der Waals surface area contributed by atoms with E-state index in [0.29, 0.717) is 0 Å². The molecule has 2 N–H and O–H groups in total. The van der Waals surface area contributed by atoms with E-state index in [1.54, 1.807) is 0 Å². The van der Waals surface area contributed by atoms with Crippen molar-refractivity contribution in [1.82, 2.24) is 24.9 Å². The van der Waals surface area contributed by atoms with Gasteiger partial charge in [0.15, 0.2) is 0 Å². The number of imidazole rings is 2. The number of hydrogen-bond donors (Lipinski definition) is 2. The van der Waals surface area contributed by atoms with Crippen LogP contribution in [0, 0.1) is 0 Å². The molecular weight excluding hydrogens is 298 g/mol. The molecule has 2 aromatic carbocycles. The summed E-state index contributed by atoms with van der Waals surface area (Å²) in [6.45, 7) is 0. The third-order valence-electron chi connectivity index (χ3n) is 4.06. The molecule has 0 aliphatic rings. The van der Waals surface area contributed by atoms with Crippen molar-refractivity contribution in [2.45, 2.75) is 0 Å². The van der Waals surface area contributed by atoms with Crippen LogP contribution in [0.3, 0.4) is 0 Å². The van der Waals surface area contributed by atoms with Crippen molar-refractivity contribution in [2.24, 2.45) is 0 Å². The third kappa shape index (κ3) is 2.06. The number of benzene rings is 2. The highest BCUT2D eigenvalue weighted by atomic mass is 14.9. The molecule has 3 heterocycles. The molecule has 0 saturated carbocycles. The minimum atomic E-state index is 0.807. The average Bonchev–Trinajstić information content (AvgIpc) is 3.26. The lowest BCUT2D eigenvalue weighted by molar-refractivity contribution is 1.25. The summed E-state index contributed by atoms with van der Waals surface area (Å²) >= 11 is 0. The molecule has 0 aliphatic carbocycles. The van der Waals surface area contributed by atoms with Gasteiger partial charge in [0.25, 0.3) is 0 Å². The fraction of sp³-hybridized carbons (Fsp3) is 0. The van der Waals surface area contributed by atoms with Crippen molar-refractivity contribution in [3.8, 4) is 22.8 Å². The van der Waals surface area contributed by atoms with Gasteiger partial charge < -0.3 is 9.97 Å². The number of fused-ring (bicyclic) bond motifs is 2.